The predicted molar refractivity (Wildman–Crippen MR) is 81.1 cm³/mol. The van der Waals surface area contributed by atoms with Gasteiger partial charge in [-0.3, -0.25) is 0 Å². The molecule has 1 aliphatic rings. The van der Waals surface area contributed by atoms with Gasteiger partial charge in [-0.25, -0.2) is 17.7 Å². The number of aliphatic imine (C=N–C) groups is 1. The minimum absolute atomic E-state index is 0.0349. The van der Waals surface area contributed by atoms with Crippen molar-refractivity contribution in [2.75, 3.05) is 6.54 Å². The minimum Gasteiger partial charge on any atom is -0.369 e. The maximum absolute atomic E-state index is 12.6. The number of hydrogen-bond donors (Lipinski definition) is 1. The second-order valence-electron chi connectivity index (χ2n) is 4.76. The average Bonchev–Trinajstić information content (AvgIpc) is 2.92. The van der Waals surface area contributed by atoms with E-state index in [2.05, 4.69) is 4.99 Å². The van der Waals surface area contributed by atoms with Crippen LogP contribution in [0.15, 0.2) is 70.6 Å². The van der Waals surface area contributed by atoms with E-state index in [0.717, 1.165) is 5.56 Å². The van der Waals surface area contributed by atoms with E-state index in [0.29, 0.717) is 0 Å². The van der Waals surface area contributed by atoms with E-state index >= 15 is 0 Å². The molecular weight excluding hydrogens is 286 g/mol. The Morgan fingerprint density at radius 3 is 2.19 bits per heavy atom. The molecule has 108 valence electrons. The molecule has 1 unspecified atom stereocenters. The van der Waals surface area contributed by atoms with Crippen LogP contribution in [0.4, 0.5) is 0 Å². The van der Waals surface area contributed by atoms with Gasteiger partial charge in [-0.1, -0.05) is 48.5 Å². The maximum Gasteiger partial charge on any atom is 0.266 e. The molecule has 0 aliphatic carbocycles. The monoisotopic (exact) mass is 301 g/mol. The zero-order valence-corrected chi connectivity index (χ0v) is 12.1. The average molecular weight is 301 g/mol. The largest absolute Gasteiger partial charge is 0.369 e. The highest BCUT2D eigenvalue weighted by Crippen LogP contribution is 2.27. The standard InChI is InChI=1S/C15H15N3O2S/c16-15-17-14(12-7-3-1-4-8-12)11-18(15)21(19,20)13-9-5-2-6-10-13/h1-10,14H,11H2,(H2,16,17). The molecule has 1 atom stereocenters. The summed E-state index contributed by atoms with van der Waals surface area (Å²) in [6.45, 7) is 0.229. The fraction of sp³-hybridized carbons (Fsp3) is 0.133. The molecule has 0 radical (unpaired) electrons. The molecular formula is C15H15N3O2S. The molecule has 2 aromatic rings. The van der Waals surface area contributed by atoms with Crippen molar-refractivity contribution in [1.29, 1.82) is 0 Å². The normalized spacial score (nSPS) is 18.6. The van der Waals surface area contributed by atoms with Gasteiger partial charge >= 0.3 is 0 Å². The second kappa shape index (κ2) is 5.21. The molecule has 1 heterocycles. The summed E-state index contributed by atoms with van der Waals surface area (Å²) in [4.78, 5) is 4.49. The van der Waals surface area contributed by atoms with Crippen molar-refractivity contribution in [2.45, 2.75) is 10.9 Å². The highest BCUT2D eigenvalue weighted by molar-refractivity contribution is 7.89. The van der Waals surface area contributed by atoms with Crippen molar-refractivity contribution in [3.8, 4) is 0 Å². The molecule has 6 heteroatoms. The zero-order valence-electron chi connectivity index (χ0n) is 11.3. The molecule has 5 nitrogen and oxygen atoms in total. The van der Waals surface area contributed by atoms with E-state index in [4.69, 9.17) is 5.73 Å². The van der Waals surface area contributed by atoms with E-state index in [-0.39, 0.29) is 23.4 Å². The van der Waals surface area contributed by atoms with E-state index < -0.39 is 10.0 Å². The Hall–Kier alpha value is -2.34. The number of nitrogens with two attached hydrogens (primary N) is 1. The number of hydrogen-bond acceptors (Lipinski definition) is 4. The molecule has 0 bridgehead atoms. The van der Waals surface area contributed by atoms with E-state index in [1.165, 1.54) is 4.31 Å². The molecule has 2 N–H and O–H groups in total. The van der Waals surface area contributed by atoms with Crippen LogP contribution in [0.5, 0.6) is 0 Å². The Balaban J connectivity index is 1.91. The Labute approximate surface area is 123 Å². The third kappa shape index (κ3) is 2.50. The van der Waals surface area contributed by atoms with Crippen LogP contribution in [0.1, 0.15) is 11.6 Å². The van der Waals surface area contributed by atoms with Crippen LogP contribution in [0.25, 0.3) is 0 Å². The van der Waals surface area contributed by atoms with Gasteiger partial charge in [-0.05, 0) is 17.7 Å². The van der Waals surface area contributed by atoms with E-state index in [9.17, 15) is 8.42 Å². The Kier molecular flexibility index (Phi) is 3.39. The lowest BCUT2D eigenvalue weighted by Crippen LogP contribution is -2.39. The van der Waals surface area contributed by atoms with Crippen LogP contribution in [0.2, 0.25) is 0 Å². The molecule has 21 heavy (non-hydrogen) atoms. The Morgan fingerprint density at radius 2 is 1.57 bits per heavy atom. The first-order chi connectivity index (χ1) is 10.1. The molecule has 0 saturated carbocycles. The SMILES string of the molecule is NC1=NC(c2ccccc2)CN1S(=O)(=O)c1ccccc1. The predicted octanol–water partition coefficient (Wildman–Crippen LogP) is 1.75. The van der Waals surface area contributed by atoms with Crippen molar-refractivity contribution >= 4 is 16.0 Å². The summed E-state index contributed by atoms with van der Waals surface area (Å²) in [5.41, 5.74) is 6.78. The third-order valence-electron chi connectivity index (χ3n) is 3.40. The molecule has 0 fully saturated rings. The van der Waals surface area contributed by atoms with Gasteiger partial charge in [0.25, 0.3) is 10.0 Å². The number of guanidine groups is 1. The Morgan fingerprint density at radius 1 is 1.00 bits per heavy atom. The van der Waals surface area contributed by atoms with Gasteiger partial charge in [0.15, 0.2) is 0 Å². The maximum atomic E-state index is 12.6. The van der Waals surface area contributed by atoms with Gasteiger partial charge in [0.1, 0.15) is 0 Å². The van der Waals surface area contributed by atoms with Crippen LogP contribution in [0, 0.1) is 0 Å². The first kappa shape index (κ1) is 13.6. The molecule has 0 aromatic heterocycles. The van der Waals surface area contributed by atoms with E-state index in [1.807, 2.05) is 30.3 Å². The highest BCUT2D eigenvalue weighted by atomic mass is 32.2. The number of benzene rings is 2. The van der Waals surface area contributed by atoms with Gasteiger partial charge in [-0.15, -0.1) is 0 Å². The summed E-state index contributed by atoms with van der Waals surface area (Å²) in [6.07, 6.45) is 0. The van der Waals surface area contributed by atoms with Crippen LogP contribution in [-0.4, -0.2) is 25.2 Å². The summed E-state index contributed by atoms with van der Waals surface area (Å²) < 4.78 is 26.3. The molecule has 1 aliphatic heterocycles. The summed E-state index contributed by atoms with van der Waals surface area (Å²) in [7, 11) is -3.65. The summed E-state index contributed by atoms with van der Waals surface area (Å²) in [5, 5.41) is 0. The molecule has 2 aromatic carbocycles. The lowest BCUT2D eigenvalue weighted by atomic mass is 10.1. The smallest absolute Gasteiger partial charge is 0.266 e. The summed E-state index contributed by atoms with van der Waals surface area (Å²) in [6, 6.07) is 17.5. The first-order valence-corrected chi connectivity index (χ1v) is 7.99. The van der Waals surface area contributed by atoms with Crippen molar-refractivity contribution in [2.24, 2.45) is 10.7 Å². The quantitative estimate of drug-likeness (QED) is 0.938. The van der Waals surface area contributed by atoms with Crippen molar-refractivity contribution in [3.05, 3.63) is 66.2 Å². The van der Waals surface area contributed by atoms with Crippen LogP contribution >= 0.6 is 0 Å². The molecule has 0 amide bonds. The second-order valence-corrected chi connectivity index (χ2v) is 6.63. The minimum atomic E-state index is -3.65. The lowest BCUT2D eigenvalue weighted by Gasteiger charge is -2.18. The summed E-state index contributed by atoms with van der Waals surface area (Å²) >= 11 is 0. The topological polar surface area (TPSA) is 75.8 Å². The lowest BCUT2D eigenvalue weighted by molar-refractivity contribution is 0.519. The van der Waals surface area contributed by atoms with Gasteiger partial charge in [0.05, 0.1) is 17.5 Å². The van der Waals surface area contributed by atoms with Crippen LogP contribution < -0.4 is 5.73 Å². The van der Waals surface area contributed by atoms with E-state index in [1.54, 1.807) is 30.3 Å². The molecule has 3 rings (SSSR count). The third-order valence-corrected chi connectivity index (χ3v) is 5.18. The highest BCUT2D eigenvalue weighted by Gasteiger charge is 2.34. The van der Waals surface area contributed by atoms with Crippen LogP contribution in [-0.2, 0) is 10.0 Å². The number of nitrogens with zero attached hydrogens (tertiary/aromatic N) is 2. The van der Waals surface area contributed by atoms with Gasteiger partial charge in [0, 0.05) is 0 Å². The summed E-state index contributed by atoms with van der Waals surface area (Å²) in [5.74, 6) is 0.0349. The van der Waals surface area contributed by atoms with Crippen molar-refractivity contribution in [3.63, 3.8) is 0 Å². The molecule has 0 saturated heterocycles. The zero-order chi connectivity index (χ0) is 14.9. The first-order valence-electron chi connectivity index (χ1n) is 6.55. The van der Waals surface area contributed by atoms with Gasteiger partial charge in [0.2, 0.25) is 5.96 Å². The fourth-order valence-electron chi connectivity index (χ4n) is 2.31. The van der Waals surface area contributed by atoms with Crippen molar-refractivity contribution in [1.82, 2.24) is 4.31 Å². The number of sulfonamides is 1. The fourth-order valence-corrected chi connectivity index (χ4v) is 3.70. The molecule has 0 spiro atoms. The van der Waals surface area contributed by atoms with Crippen LogP contribution in [0.3, 0.4) is 0 Å². The Bertz CT molecular complexity index is 758. The van der Waals surface area contributed by atoms with Gasteiger partial charge < -0.3 is 5.73 Å². The number of rotatable bonds is 3. The van der Waals surface area contributed by atoms with Crippen molar-refractivity contribution < 1.29 is 8.42 Å². The van der Waals surface area contributed by atoms with Gasteiger partial charge in [-0.2, -0.15) is 0 Å².